The zero-order valence-electron chi connectivity index (χ0n) is 21.7. The number of amides is 2. The van der Waals surface area contributed by atoms with Crippen LogP contribution in [0, 0.1) is 0 Å². The number of rotatable bonds is 14. The number of methoxy groups -OCH3 is 6. The number of hydrogen-bond donors (Lipinski definition) is 2. The first-order chi connectivity index (χ1) is 17.9. The molecular weight excluding hydrogens is 484 g/mol. The number of carbonyl (C=O) groups excluding carboxylic acids is 2. The normalized spacial score (nSPS) is 10.8. The molecule has 0 fully saturated rings. The minimum atomic E-state index is -0.345. The third-order valence-electron chi connectivity index (χ3n) is 5.07. The smallest absolute Gasteiger partial charge is 0.240 e. The lowest BCUT2D eigenvalue weighted by atomic mass is 10.2. The fourth-order valence-corrected chi connectivity index (χ4v) is 3.18. The summed E-state index contributed by atoms with van der Waals surface area (Å²) >= 11 is 0. The van der Waals surface area contributed by atoms with Crippen molar-refractivity contribution in [2.75, 3.05) is 42.7 Å². The molecule has 0 bridgehead atoms. The Bertz CT molecular complexity index is 1050. The molecule has 0 aromatic heterocycles. The molecule has 0 spiro atoms. The summed E-state index contributed by atoms with van der Waals surface area (Å²) in [5.41, 5.74) is 6.02. The number of nitrogens with zero attached hydrogens (tertiary/aromatic N) is 2. The van der Waals surface area contributed by atoms with Gasteiger partial charge in [0, 0.05) is 36.1 Å². The Balaban J connectivity index is 1.83. The maximum atomic E-state index is 12.1. The Hall–Kier alpha value is -4.48. The third kappa shape index (κ3) is 8.30. The molecule has 0 atom stereocenters. The van der Waals surface area contributed by atoms with Gasteiger partial charge in [0.25, 0.3) is 0 Å². The fourth-order valence-electron chi connectivity index (χ4n) is 3.18. The van der Waals surface area contributed by atoms with Gasteiger partial charge in [0.1, 0.15) is 11.5 Å². The molecule has 2 rings (SSSR count). The highest BCUT2D eigenvalue weighted by atomic mass is 16.5. The zero-order valence-corrected chi connectivity index (χ0v) is 21.7. The number of benzene rings is 2. The predicted octanol–water partition coefficient (Wildman–Crippen LogP) is 2.51. The summed E-state index contributed by atoms with van der Waals surface area (Å²) in [5, 5.41) is 7.90. The van der Waals surface area contributed by atoms with Crippen LogP contribution in [0.2, 0.25) is 0 Å². The first kappa shape index (κ1) is 28.8. The van der Waals surface area contributed by atoms with Crippen molar-refractivity contribution in [2.24, 2.45) is 10.2 Å². The second kappa shape index (κ2) is 14.8. The lowest BCUT2D eigenvalue weighted by molar-refractivity contribution is -0.122. The molecule has 0 unspecified atom stereocenters. The number of ether oxygens (including phenoxy) is 6. The molecular formula is C25H32N4O8. The van der Waals surface area contributed by atoms with E-state index in [4.69, 9.17) is 28.4 Å². The first-order valence-corrected chi connectivity index (χ1v) is 11.1. The summed E-state index contributed by atoms with van der Waals surface area (Å²) < 4.78 is 31.7. The van der Waals surface area contributed by atoms with Crippen LogP contribution in [0.5, 0.6) is 34.5 Å². The summed E-state index contributed by atoms with van der Waals surface area (Å²) in [6.45, 7) is 0. The Morgan fingerprint density at radius 1 is 0.595 bits per heavy atom. The molecule has 2 aromatic carbocycles. The topological polar surface area (TPSA) is 138 Å². The van der Waals surface area contributed by atoms with Gasteiger partial charge in [0.15, 0.2) is 23.0 Å². The lowest BCUT2D eigenvalue weighted by Gasteiger charge is -2.11. The van der Waals surface area contributed by atoms with Crippen molar-refractivity contribution in [3.05, 3.63) is 35.4 Å². The second-order valence-corrected chi connectivity index (χ2v) is 7.34. The van der Waals surface area contributed by atoms with E-state index in [9.17, 15) is 9.59 Å². The van der Waals surface area contributed by atoms with Gasteiger partial charge in [-0.2, -0.15) is 10.2 Å². The van der Waals surface area contributed by atoms with Gasteiger partial charge in [0.2, 0.25) is 11.8 Å². The van der Waals surface area contributed by atoms with Gasteiger partial charge in [-0.05, 0) is 18.6 Å². The van der Waals surface area contributed by atoms with Crippen LogP contribution in [-0.2, 0) is 9.59 Å². The van der Waals surface area contributed by atoms with Crippen LogP contribution >= 0.6 is 0 Å². The van der Waals surface area contributed by atoms with Gasteiger partial charge in [-0.15, -0.1) is 0 Å². The number of hydrazone groups is 2. The molecule has 0 radical (unpaired) electrons. The Labute approximate surface area is 215 Å². The van der Waals surface area contributed by atoms with E-state index in [-0.39, 0.29) is 24.7 Å². The molecule has 12 nitrogen and oxygen atoms in total. The highest BCUT2D eigenvalue weighted by Crippen LogP contribution is 2.34. The zero-order chi connectivity index (χ0) is 27.2. The van der Waals surface area contributed by atoms with Gasteiger partial charge >= 0.3 is 0 Å². The molecule has 0 aliphatic heterocycles. The van der Waals surface area contributed by atoms with Crippen LogP contribution in [0.3, 0.4) is 0 Å². The molecule has 0 aliphatic carbocycles. The van der Waals surface area contributed by atoms with Crippen LogP contribution in [0.15, 0.2) is 34.5 Å². The molecule has 12 heteroatoms. The van der Waals surface area contributed by atoms with Gasteiger partial charge < -0.3 is 28.4 Å². The highest BCUT2D eigenvalue weighted by molar-refractivity contribution is 5.87. The number of hydrogen-bond acceptors (Lipinski definition) is 10. The second-order valence-electron chi connectivity index (χ2n) is 7.34. The standard InChI is InChI=1S/C25H32N4O8/c1-32-18-12-22(36-5)20(34-3)10-16(18)14-26-28-24(30)8-7-9-25(31)29-27-15-17-11-21(35-4)23(37-6)13-19(17)33-2/h10-15H,7-9H2,1-6H3,(H,28,30)(H,29,31). The van der Waals surface area contributed by atoms with Crippen LogP contribution in [0.4, 0.5) is 0 Å². The van der Waals surface area contributed by atoms with E-state index in [0.29, 0.717) is 52.0 Å². The minimum absolute atomic E-state index is 0.0983. The first-order valence-electron chi connectivity index (χ1n) is 11.1. The van der Waals surface area contributed by atoms with E-state index < -0.39 is 0 Å². The summed E-state index contributed by atoms with van der Waals surface area (Å²) in [5.74, 6) is 2.31. The lowest BCUT2D eigenvalue weighted by Crippen LogP contribution is -2.20. The van der Waals surface area contributed by atoms with Crippen LogP contribution in [0.25, 0.3) is 0 Å². The van der Waals surface area contributed by atoms with Crippen molar-refractivity contribution < 1.29 is 38.0 Å². The molecule has 2 amide bonds. The highest BCUT2D eigenvalue weighted by Gasteiger charge is 2.12. The van der Waals surface area contributed by atoms with Gasteiger partial charge in [-0.3, -0.25) is 9.59 Å². The van der Waals surface area contributed by atoms with E-state index in [1.54, 1.807) is 24.3 Å². The van der Waals surface area contributed by atoms with Crippen LogP contribution < -0.4 is 39.3 Å². The van der Waals surface area contributed by atoms with Crippen LogP contribution in [0.1, 0.15) is 30.4 Å². The maximum absolute atomic E-state index is 12.1. The molecule has 0 heterocycles. The molecule has 2 aromatic rings. The van der Waals surface area contributed by atoms with E-state index in [2.05, 4.69) is 21.1 Å². The number of carbonyl (C=O) groups is 2. The molecule has 0 aliphatic rings. The Morgan fingerprint density at radius 2 is 0.919 bits per heavy atom. The van der Waals surface area contributed by atoms with E-state index in [0.717, 1.165) is 0 Å². The largest absolute Gasteiger partial charge is 0.496 e. The quantitative estimate of drug-likeness (QED) is 0.289. The van der Waals surface area contributed by atoms with Crippen molar-refractivity contribution in [2.45, 2.75) is 19.3 Å². The monoisotopic (exact) mass is 516 g/mol. The fraction of sp³-hybridized carbons (Fsp3) is 0.360. The molecule has 37 heavy (non-hydrogen) atoms. The van der Waals surface area contributed by atoms with Crippen molar-refractivity contribution in [3.63, 3.8) is 0 Å². The SMILES string of the molecule is COc1cc(OC)c(OC)cc1C=NNC(=O)CCCC(=O)NN=Cc1cc(OC)c(OC)cc1OC. The average Bonchev–Trinajstić information content (AvgIpc) is 2.92. The van der Waals surface area contributed by atoms with E-state index in [1.165, 1.54) is 55.1 Å². The Kier molecular flexibility index (Phi) is 11.5. The maximum Gasteiger partial charge on any atom is 0.240 e. The van der Waals surface area contributed by atoms with Crippen molar-refractivity contribution >= 4 is 24.2 Å². The van der Waals surface area contributed by atoms with E-state index in [1.807, 2.05) is 0 Å². The Morgan fingerprint density at radius 3 is 1.24 bits per heavy atom. The van der Waals surface area contributed by atoms with Crippen LogP contribution in [-0.4, -0.2) is 66.9 Å². The van der Waals surface area contributed by atoms with Gasteiger partial charge in [-0.25, -0.2) is 10.9 Å². The summed E-state index contributed by atoms with van der Waals surface area (Å²) in [6, 6.07) is 6.67. The summed E-state index contributed by atoms with van der Waals surface area (Å²) in [7, 11) is 9.09. The minimum Gasteiger partial charge on any atom is -0.496 e. The van der Waals surface area contributed by atoms with Crippen molar-refractivity contribution in [1.29, 1.82) is 0 Å². The van der Waals surface area contributed by atoms with Gasteiger partial charge in [0.05, 0.1) is 55.1 Å². The molecule has 0 saturated heterocycles. The van der Waals surface area contributed by atoms with Crippen molar-refractivity contribution in [1.82, 2.24) is 10.9 Å². The molecule has 0 saturated carbocycles. The molecule has 2 N–H and O–H groups in total. The summed E-state index contributed by atoms with van der Waals surface area (Å²) in [6.07, 6.45) is 3.37. The van der Waals surface area contributed by atoms with Crippen molar-refractivity contribution in [3.8, 4) is 34.5 Å². The van der Waals surface area contributed by atoms with E-state index >= 15 is 0 Å². The third-order valence-corrected chi connectivity index (χ3v) is 5.07. The number of nitrogens with one attached hydrogen (secondary N) is 2. The average molecular weight is 517 g/mol. The summed E-state index contributed by atoms with van der Waals surface area (Å²) in [4.78, 5) is 24.2. The molecule has 200 valence electrons. The van der Waals surface area contributed by atoms with Gasteiger partial charge in [-0.1, -0.05) is 0 Å². The predicted molar refractivity (Wildman–Crippen MR) is 138 cm³/mol.